The van der Waals surface area contributed by atoms with E-state index in [9.17, 15) is 8.42 Å². The number of nitrogens with one attached hydrogen (secondary N) is 1. The summed E-state index contributed by atoms with van der Waals surface area (Å²) in [6.07, 6.45) is 6.40. The number of aryl methyl sites for hydroxylation is 2. The van der Waals surface area contributed by atoms with Crippen molar-refractivity contribution < 1.29 is 12.9 Å². The fraction of sp³-hybridized carbons (Fsp3) is 0.353. The molecule has 0 spiro atoms. The number of nitrogens with zero attached hydrogens (tertiary/aromatic N) is 1. The molecule has 0 aliphatic heterocycles. The lowest BCUT2D eigenvalue weighted by Gasteiger charge is -2.13. The summed E-state index contributed by atoms with van der Waals surface area (Å²) >= 11 is 0. The molecule has 1 aromatic heterocycles. The highest BCUT2D eigenvalue weighted by molar-refractivity contribution is 7.89. The highest BCUT2D eigenvalue weighted by Crippen LogP contribution is 2.23. The zero-order valence-corrected chi connectivity index (χ0v) is 14.3. The van der Waals surface area contributed by atoms with E-state index in [4.69, 9.17) is 10.9 Å². The third-order valence-corrected chi connectivity index (χ3v) is 5.13. The van der Waals surface area contributed by atoms with Crippen LogP contribution >= 0.6 is 0 Å². The maximum Gasteiger partial charge on any atom is 0.241 e. The number of aromatic nitrogens is 1. The van der Waals surface area contributed by atoms with Gasteiger partial charge in [0.15, 0.2) is 0 Å². The molecule has 5 nitrogen and oxygen atoms in total. The summed E-state index contributed by atoms with van der Waals surface area (Å²) in [5.41, 5.74) is 2.32. The van der Waals surface area contributed by atoms with E-state index in [1.807, 2.05) is 13.8 Å². The number of hydrogen-bond donors (Lipinski definition) is 1. The Hall–Kier alpha value is -2.10. The van der Waals surface area contributed by atoms with Gasteiger partial charge in [0.2, 0.25) is 10.0 Å². The smallest absolute Gasteiger partial charge is 0.241 e. The van der Waals surface area contributed by atoms with Gasteiger partial charge in [-0.25, -0.2) is 13.1 Å². The zero-order valence-electron chi connectivity index (χ0n) is 13.5. The van der Waals surface area contributed by atoms with Crippen molar-refractivity contribution >= 4 is 10.0 Å². The van der Waals surface area contributed by atoms with Gasteiger partial charge in [0.05, 0.1) is 10.9 Å². The number of terminal acetylenes is 1. The van der Waals surface area contributed by atoms with Crippen LogP contribution in [0.3, 0.4) is 0 Å². The lowest BCUT2D eigenvalue weighted by molar-refractivity contribution is 0.375. The molecule has 23 heavy (non-hydrogen) atoms. The molecule has 1 aromatic carbocycles. The van der Waals surface area contributed by atoms with Crippen LogP contribution in [0.4, 0.5) is 0 Å². The van der Waals surface area contributed by atoms with E-state index in [1.165, 1.54) is 0 Å². The first-order chi connectivity index (χ1) is 10.9. The molecule has 0 bridgehead atoms. The van der Waals surface area contributed by atoms with Crippen LogP contribution in [0.5, 0.6) is 0 Å². The third kappa shape index (κ3) is 3.81. The molecule has 1 heterocycles. The van der Waals surface area contributed by atoms with Gasteiger partial charge < -0.3 is 4.52 Å². The number of benzene rings is 1. The van der Waals surface area contributed by atoms with Crippen LogP contribution in [0, 0.1) is 19.3 Å². The third-order valence-electron chi connectivity index (χ3n) is 3.57. The second-order valence-electron chi connectivity index (χ2n) is 5.36. The average molecular weight is 332 g/mol. The monoisotopic (exact) mass is 332 g/mol. The van der Waals surface area contributed by atoms with Crippen molar-refractivity contribution in [2.45, 2.75) is 44.6 Å². The SMILES string of the molecule is C#CCc1c(C(C)NS(=O)(=O)c2ccc(C)cc2)noc1CC. The minimum atomic E-state index is -3.64. The molecule has 0 saturated carbocycles. The molecule has 0 aliphatic carbocycles. The van der Waals surface area contributed by atoms with Crippen molar-refractivity contribution in [3.8, 4) is 12.3 Å². The predicted molar refractivity (Wildman–Crippen MR) is 88.3 cm³/mol. The molecule has 1 N–H and O–H groups in total. The highest BCUT2D eigenvalue weighted by atomic mass is 32.2. The molecule has 0 amide bonds. The fourth-order valence-electron chi connectivity index (χ4n) is 2.34. The molecule has 6 heteroatoms. The van der Waals surface area contributed by atoms with Gasteiger partial charge in [-0.2, -0.15) is 0 Å². The molecular formula is C17H20N2O3S. The van der Waals surface area contributed by atoms with Crippen LogP contribution < -0.4 is 4.72 Å². The first-order valence-electron chi connectivity index (χ1n) is 7.38. The van der Waals surface area contributed by atoms with Crippen LogP contribution in [-0.2, 0) is 22.9 Å². The molecule has 1 unspecified atom stereocenters. The molecule has 2 aromatic rings. The van der Waals surface area contributed by atoms with Gasteiger partial charge in [-0.05, 0) is 26.0 Å². The van der Waals surface area contributed by atoms with Gasteiger partial charge in [-0.1, -0.05) is 29.8 Å². The van der Waals surface area contributed by atoms with Crippen molar-refractivity contribution in [3.05, 3.63) is 46.8 Å². The lowest BCUT2D eigenvalue weighted by Crippen LogP contribution is -2.27. The summed E-state index contributed by atoms with van der Waals surface area (Å²) in [6.45, 7) is 5.56. The number of rotatable bonds is 6. The zero-order chi connectivity index (χ0) is 17.0. The molecule has 0 fully saturated rings. The summed E-state index contributed by atoms with van der Waals surface area (Å²) in [4.78, 5) is 0.215. The topological polar surface area (TPSA) is 72.2 Å². The molecule has 0 radical (unpaired) electrons. The summed E-state index contributed by atoms with van der Waals surface area (Å²) in [7, 11) is -3.64. The van der Waals surface area contributed by atoms with Crippen LogP contribution in [-0.4, -0.2) is 13.6 Å². The maximum absolute atomic E-state index is 12.5. The number of sulfonamides is 1. The Labute approximate surface area is 137 Å². The van der Waals surface area contributed by atoms with Crippen LogP contribution in [0.2, 0.25) is 0 Å². The minimum Gasteiger partial charge on any atom is -0.361 e. The van der Waals surface area contributed by atoms with E-state index in [0.29, 0.717) is 24.3 Å². The van der Waals surface area contributed by atoms with E-state index < -0.39 is 16.1 Å². The number of hydrogen-bond acceptors (Lipinski definition) is 4. The van der Waals surface area contributed by atoms with Crippen molar-refractivity contribution in [3.63, 3.8) is 0 Å². The van der Waals surface area contributed by atoms with Gasteiger partial charge in [0.1, 0.15) is 11.5 Å². The van der Waals surface area contributed by atoms with Crippen LogP contribution in [0.25, 0.3) is 0 Å². The predicted octanol–water partition coefficient (Wildman–Crippen LogP) is 2.76. The van der Waals surface area contributed by atoms with Gasteiger partial charge in [0.25, 0.3) is 0 Å². The van der Waals surface area contributed by atoms with Gasteiger partial charge in [-0.3, -0.25) is 0 Å². The van der Waals surface area contributed by atoms with Gasteiger partial charge in [-0.15, -0.1) is 12.3 Å². The first-order valence-corrected chi connectivity index (χ1v) is 8.87. The molecule has 0 aliphatic rings. The van der Waals surface area contributed by atoms with E-state index in [1.54, 1.807) is 31.2 Å². The Morgan fingerprint density at radius 2 is 2.00 bits per heavy atom. The lowest BCUT2D eigenvalue weighted by atomic mass is 10.1. The van der Waals surface area contributed by atoms with E-state index in [0.717, 1.165) is 11.1 Å². The Morgan fingerprint density at radius 3 is 2.57 bits per heavy atom. The normalized spacial score (nSPS) is 12.8. The Balaban J connectivity index is 2.28. The van der Waals surface area contributed by atoms with Crippen molar-refractivity contribution in [2.24, 2.45) is 0 Å². The van der Waals surface area contributed by atoms with Crippen molar-refractivity contribution in [2.75, 3.05) is 0 Å². The van der Waals surface area contributed by atoms with Crippen molar-refractivity contribution in [1.82, 2.24) is 9.88 Å². The van der Waals surface area contributed by atoms with Crippen LogP contribution in [0.1, 0.15) is 42.5 Å². The van der Waals surface area contributed by atoms with E-state index in [2.05, 4.69) is 15.8 Å². The second kappa shape index (κ2) is 6.99. The average Bonchev–Trinajstić information content (AvgIpc) is 2.90. The second-order valence-corrected chi connectivity index (χ2v) is 7.07. The Kier molecular flexibility index (Phi) is 5.24. The van der Waals surface area contributed by atoms with Crippen LogP contribution in [0.15, 0.2) is 33.7 Å². The highest BCUT2D eigenvalue weighted by Gasteiger charge is 2.24. The molecule has 2 rings (SSSR count). The first kappa shape index (κ1) is 17.3. The Bertz CT molecular complexity index is 815. The standard InChI is InChI=1S/C17H20N2O3S/c1-5-7-15-16(6-2)22-18-17(15)13(4)19-23(20,21)14-10-8-12(3)9-11-14/h1,8-11,13,19H,6-7H2,2-4H3. The van der Waals surface area contributed by atoms with Crippen molar-refractivity contribution in [1.29, 1.82) is 0 Å². The molecule has 0 saturated heterocycles. The van der Waals surface area contributed by atoms with Gasteiger partial charge >= 0.3 is 0 Å². The minimum absolute atomic E-state index is 0.215. The largest absolute Gasteiger partial charge is 0.361 e. The molecule has 1 atom stereocenters. The molecule has 122 valence electrons. The molecular weight excluding hydrogens is 312 g/mol. The summed E-state index contributed by atoms with van der Waals surface area (Å²) in [5, 5.41) is 4.00. The fourth-order valence-corrected chi connectivity index (χ4v) is 3.55. The maximum atomic E-state index is 12.5. The quantitative estimate of drug-likeness (QED) is 0.826. The summed E-state index contributed by atoms with van der Waals surface area (Å²) < 4.78 is 32.8. The summed E-state index contributed by atoms with van der Waals surface area (Å²) in [5.74, 6) is 3.26. The van der Waals surface area contributed by atoms with E-state index in [-0.39, 0.29) is 4.90 Å². The Morgan fingerprint density at radius 1 is 1.35 bits per heavy atom. The van der Waals surface area contributed by atoms with E-state index >= 15 is 0 Å². The van der Waals surface area contributed by atoms with Gasteiger partial charge in [0, 0.05) is 18.4 Å². The summed E-state index contributed by atoms with van der Waals surface area (Å²) in [6, 6.07) is 6.14.